The highest BCUT2D eigenvalue weighted by Gasteiger charge is 2.19. The van der Waals surface area contributed by atoms with E-state index in [-0.39, 0.29) is 0 Å². The summed E-state index contributed by atoms with van der Waals surface area (Å²) in [6.45, 7) is 6.46. The second kappa shape index (κ2) is 6.62. The average Bonchev–Trinajstić information content (AvgIpc) is 2.11. The molecule has 0 saturated heterocycles. The third-order valence-electron chi connectivity index (χ3n) is 2.66. The Bertz CT molecular complexity index is 94.0. The fourth-order valence-electron chi connectivity index (χ4n) is 1.68. The first-order valence-electron chi connectivity index (χ1n) is 5.18. The van der Waals surface area contributed by atoms with E-state index in [9.17, 15) is 0 Å². The zero-order valence-corrected chi connectivity index (χ0v) is 8.72. The molecule has 2 heteroatoms. The van der Waals surface area contributed by atoms with Crippen LogP contribution in [0.1, 0.15) is 46.5 Å². The maximum atomic E-state index is 6.00. The Morgan fingerprint density at radius 1 is 0.917 bits per heavy atom. The first-order valence-corrected chi connectivity index (χ1v) is 5.18. The molecule has 0 fully saturated rings. The van der Waals surface area contributed by atoms with Crippen molar-refractivity contribution in [3.05, 3.63) is 0 Å². The molecule has 0 aromatic rings. The molecule has 0 N–H and O–H groups in total. The van der Waals surface area contributed by atoms with Crippen LogP contribution < -0.4 is 0 Å². The average molecular weight is 162 g/mol. The van der Waals surface area contributed by atoms with Gasteiger partial charge in [0.25, 0.3) is 0 Å². The Labute approximate surface area is 80.3 Å². The van der Waals surface area contributed by atoms with Gasteiger partial charge in [0.2, 0.25) is 0 Å². The number of hydrogen-bond donors (Lipinski definition) is 0. The van der Waals surface area contributed by atoms with Crippen molar-refractivity contribution in [2.75, 3.05) is 0 Å². The van der Waals surface area contributed by atoms with Gasteiger partial charge in [0.05, 0.1) is 15.7 Å². The molecule has 0 aromatic heterocycles. The van der Waals surface area contributed by atoms with Crippen molar-refractivity contribution in [2.24, 2.45) is 5.92 Å². The van der Waals surface area contributed by atoms with Gasteiger partial charge in [0.1, 0.15) is 0 Å². The molecule has 0 heterocycles. The van der Waals surface area contributed by atoms with E-state index in [1.54, 1.807) is 0 Å². The predicted molar refractivity (Wildman–Crippen MR) is 58.0 cm³/mol. The van der Waals surface area contributed by atoms with E-state index in [0.29, 0.717) is 17.6 Å². The number of hydrogen-bond acceptors (Lipinski definition) is 0. The van der Waals surface area contributed by atoms with E-state index in [4.69, 9.17) is 15.7 Å². The lowest BCUT2D eigenvalue weighted by Crippen LogP contribution is -2.15. The van der Waals surface area contributed by atoms with Gasteiger partial charge in [-0.25, -0.2) is 0 Å². The minimum atomic E-state index is 0.292. The molecule has 0 bridgehead atoms. The predicted octanol–water partition coefficient (Wildman–Crippen LogP) is 3.14. The fraction of sp³-hybridized carbons (Fsp3) is 1.00. The first kappa shape index (κ1) is 12.1. The normalized spacial score (nSPS) is 18.6. The molecule has 0 rings (SSSR count). The van der Waals surface area contributed by atoms with Crippen LogP contribution in [0.3, 0.4) is 0 Å². The molecule has 0 aliphatic carbocycles. The SMILES string of the molecule is [B]C(CC)C(CCC)C([B])CC. The summed E-state index contributed by atoms with van der Waals surface area (Å²) in [5, 5.41) is 0. The van der Waals surface area contributed by atoms with Crippen LogP contribution in [-0.2, 0) is 0 Å². The summed E-state index contributed by atoms with van der Waals surface area (Å²) in [7, 11) is 12.0. The minimum Gasteiger partial charge on any atom is -0.0753 e. The highest BCUT2D eigenvalue weighted by atomic mass is 14.2. The Morgan fingerprint density at radius 2 is 1.33 bits per heavy atom. The molecule has 2 atom stereocenters. The molecule has 0 aliphatic rings. The Morgan fingerprint density at radius 3 is 1.58 bits per heavy atom. The van der Waals surface area contributed by atoms with Crippen molar-refractivity contribution < 1.29 is 0 Å². The molecular formula is C10H20B2. The van der Waals surface area contributed by atoms with E-state index in [2.05, 4.69) is 20.8 Å². The van der Waals surface area contributed by atoms with E-state index >= 15 is 0 Å². The lowest BCUT2D eigenvalue weighted by molar-refractivity contribution is 0.408. The highest BCUT2D eigenvalue weighted by molar-refractivity contribution is 6.15. The fourth-order valence-corrected chi connectivity index (χ4v) is 1.68. The van der Waals surface area contributed by atoms with Crippen LogP contribution in [0.5, 0.6) is 0 Å². The van der Waals surface area contributed by atoms with Crippen molar-refractivity contribution in [2.45, 2.75) is 58.1 Å². The molecule has 2 unspecified atom stereocenters. The van der Waals surface area contributed by atoms with Gasteiger partial charge in [0, 0.05) is 0 Å². The summed E-state index contributed by atoms with van der Waals surface area (Å²) in [6.07, 6.45) is 4.44. The van der Waals surface area contributed by atoms with Gasteiger partial charge < -0.3 is 0 Å². The molecular weight excluding hydrogens is 142 g/mol. The third-order valence-corrected chi connectivity index (χ3v) is 2.66. The standard InChI is InChI=1S/C10H20B2/c1-4-7-8(9(11)5-2)10(12)6-3/h8-10H,4-7H2,1-3H3. The molecule has 0 amide bonds. The molecule has 12 heavy (non-hydrogen) atoms. The van der Waals surface area contributed by atoms with Gasteiger partial charge in [-0.15, -0.1) is 0 Å². The minimum absolute atomic E-state index is 0.292. The molecule has 0 saturated carbocycles. The van der Waals surface area contributed by atoms with E-state index < -0.39 is 0 Å². The summed E-state index contributed by atoms with van der Waals surface area (Å²) in [6, 6.07) is 0. The van der Waals surface area contributed by atoms with Crippen molar-refractivity contribution in [3.63, 3.8) is 0 Å². The van der Waals surface area contributed by atoms with Gasteiger partial charge in [-0.3, -0.25) is 0 Å². The van der Waals surface area contributed by atoms with E-state index in [1.807, 2.05) is 0 Å². The van der Waals surface area contributed by atoms with Gasteiger partial charge in [-0.05, 0) is 0 Å². The van der Waals surface area contributed by atoms with E-state index in [1.165, 1.54) is 12.8 Å². The van der Waals surface area contributed by atoms with Gasteiger partial charge >= 0.3 is 0 Å². The summed E-state index contributed by atoms with van der Waals surface area (Å²) in [4.78, 5) is 0. The second-order valence-electron chi connectivity index (χ2n) is 3.60. The Balaban J connectivity index is 4.01. The van der Waals surface area contributed by atoms with Crippen LogP contribution in [-0.4, -0.2) is 15.7 Å². The zero-order valence-electron chi connectivity index (χ0n) is 8.72. The van der Waals surface area contributed by atoms with Crippen molar-refractivity contribution in [1.82, 2.24) is 0 Å². The lowest BCUT2D eigenvalue weighted by Gasteiger charge is -2.28. The van der Waals surface area contributed by atoms with Gasteiger partial charge in [0.15, 0.2) is 0 Å². The van der Waals surface area contributed by atoms with Crippen LogP contribution in [0.4, 0.5) is 0 Å². The molecule has 0 nitrogen and oxygen atoms in total. The maximum Gasteiger partial charge on any atom is 0.0702 e. The molecule has 0 spiro atoms. The maximum absolute atomic E-state index is 6.00. The molecule has 0 aromatic carbocycles. The molecule has 0 aliphatic heterocycles. The Hall–Kier alpha value is 0.130. The first-order chi connectivity index (χ1) is 5.67. The smallest absolute Gasteiger partial charge is 0.0702 e. The summed E-state index contributed by atoms with van der Waals surface area (Å²) in [5.74, 6) is 1.10. The molecule has 4 radical (unpaired) electrons. The summed E-state index contributed by atoms with van der Waals surface area (Å²) >= 11 is 0. The van der Waals surface area contributed by atoms with Gasteiger partial charge in [-0.1, -0.05) is 64.0 Å². The van der Waals surface area contributed by atoms with Crippen LogP contribution in [0, 0.1) is 5.92 Å². The third kappa shape index (κ3) is 3.69. The lowest BCUT2D eigenvalue weighted by atomic mass is 9.61. The van der Waals surface area contributed by atoms with Crippen LogP contribution in [0.25, 0.3) is 0 Å². The number of rotatable bonds is 6. The summed E-state index contributed by atoms with van der Waals surface area (Å²) in [5.41, 5.74) is 0. The summed E-state index contributed by atoms with van der Waals surface area (Å²) < 4.78 is 0. The van der Waals surface area contributed by atoms with Crippen LogP contribution >= 0.6 is 0 Å². The van der Waals surface area contributed by atoms with Crippen molar-refractivity contribution in [3.8, 4) is 0 Å². The van der Waals surface area contributed by atoms with E-state index in [0.717, 1.165) is 12.8 Å². The largest absolute Gasteiger partial charge is 0.0753 e. The van der Waals surface area contributed by atoms with Crippen molar-refractivity contribution >= 4 is 15.7 Å². The Kier molecular flexibility index (Phi) is 6.70. The monoisotopic (exact) mass is 162 g/mol. The van der Waals surface area contributed by atoms with Crippen LogP contribution in [0.2, 0.25) is 11.6 Å². The van der Waals surface area contributed by atoms with Crippen LogP contribution in [0.15, 0.2) is 0 Å². The van der Waals surface area contributed by atoms with Gasteiger partial charge in [-0.2, -0.15) is 0 Å². The molecule has 66 valence electrons. The topological polar surface area (TPSA) is 0 Å². The second-order valence-corrected chi connectivity index (χ2v) is 3.60. The highest BCUT2D eigenvalue weighted by Crippen LogP contribution is 2.34. The van der Waals surface area contributed by atoms with Crippen molar-refractivity contribution in [1.29, 1.82) is 0 Å². The zero-order chi connectivity index (χ0) is 9.56. The quantitative estimate of drug-likeness (QED) is 0.526.